The quantitative estimate of drug-likeness (QED) is 0.351. The van der Waals surface area contributed by atoms with E-state index in [4.69, 9.17) is 14.5 Å². The molecule has 1 aromatic carbocycles. The molecular weight excluding hydrogens is 459 g/mol. The van der Waals surface area contributed by atoms with Gasteiger partial charge in [-0.15, -0.1) is 0 Å². The maximum absolute atomic E-state index is 14.8. The van der Waals surface area contributed by atoms with E-state index in [1.807, 2.05) is 18.2 Å². The Morgan fingerprint density at radius 1 is 1.14 bits per heavy atom. The number of pyridine rings is 2. The largest absolute Gasteiger partial charge is 0.497 e. The van der Waals surface area contributed by atoms with Crippen LogP contribution in [0.15, 0.2) is 48.7 Å². The van der Waals surface area contributed by atoms with Crippen molar-refractivity contribution in [2.24, 2.45) is 11.3 Å². The lowest BCUT2D eigenvalue weighted by Crippen LogP contribution is -2.13. The first-order chi connectivity index (χ1) is 17.1. The number of rotatable bonds is 10. The third kappa shape index (κ3) is 6.59. The van der Waals surface area contributed by atoms with E-state index in [1.54, 1.807) is 31.5 Å². The summed E-state index contributed by atoms with van der Waals surface area (Å²) in [5, 5.41) is 9.32. The highest BCUT2D eigenvalue weighted by atomic mass is 19.1. The minimum atomic E-state index is -0.787. The molecule has 1 aliphatic rings. The van der Waals surface area contributed by atoms with Crippen molar-refractivity contribution in [1.29, 1.82) is 0 Å². The zero-order chi connectivity index (χ0) is 25.9. The lowest BCUT2D eigenvalue weighted by molar-refractivity contribution is -0.137. The highest BCUT2D eigenvalue weighted by molar-refractivity contribution is 5.69. The minimum Gasteiger partial charge on any atom is -0.497 e. The van der Waals surface area contributed by atoms with Gasteiger partial charge < -0.3 is 14.6 Å². The van der Waals surface area contributed by atoms with Crippen molar-refractivity contribution in [3.05, 3.63) is 71.4 Å². The molecule has 2 aromatic heterocycles. The molecule has 0 bridgehead atoms. The fourth-order valence-electron chi connectivity index (χ4n) is 4.48. The molecule has 2 heterocycles. The Balaban J connectivity index is 1.57. The fourth-order valence-corrected chi connectivity index (χ4v) is 4.48. The number of carboxylic acid groups (broad SMARTS) is 1. The predicted molar refractivity (Wildman–Crippen MR) is 136 cm³/mol. The van der Waals surface area contributed by atoms with E-state index in [2.05, 4.69) is 25.8 Å². The summed E-state index contributed by atoms with van der Waals surface area (Å²) in [4.78, 5) is 20.5. The molecular formula is C29H33FN2O4. The average Bonchev–Trinajstić information content (AvgIpc) is 3.66. The van der Waals surface area contributed by atoms with Crippen LogP contribution in [0, 0.1) is 17.2 Å². The van der Waals surface area contributed by atoms with E-state index in [1.165, 1.54) is 6.07 Å². The van der Waals surface area contributed by atoms with Crippen LogP contribution in [0.5, 0.6) is 11.6 Å². The van der Waals surface area contributed by atoms with E-state index >= 15 is 0 Å². The third-order valence-corrected chi connectivity index (χ3v) is 6.33. The number of benzene rings is 1. The summed E-state index contributed by atoms with van der Waals surface area (Å²) in [5.74, 6) is 0.296. The summed E-state index contributed by atoms with van der Waals surface area (Å²) in [6.45, 7) is 6.53. The highest BCUT2D eigenvalue weighted by Crippen LogP contribution is 2.44. The normalized spacial score (nSPS) is 14.4. The molecule has 3 aromatic rings. The molecule has 1 unspecified atom stereocenters. The second-order valence-corrected chi connectivity index (χ2v) is 10.6. The van der Waals surface area contributed by atoms with Crippen LogP contribution >= 0.6 is 0 Å². The smallest absolute Gasteiger partial charge is 0.303 e. The number of hydrogen-bond donors (Lipinski definition) is 1. The fraction of sp³-hybridized carbons (Fsp3) is 0.414. The zero-order valence-electron chi connectivity index (χ0n) is 21.3. The maximum Gasteiger partial charge on any atom is 0.303 e. The molecule has 0 saturated heterocycles. The molecule has 0 aliphatic heterocycles. The molecule has 6 nitrogen and oxygen atoms in total. The Bertz CT molecular complexity index is 1230. The van der Waals surface area contributed by atoms with Gasteiger partial charge in [-0.2, -0.15) is 0 Å². The first-order valence-electron chi connectivity index (χ1n) is 12.3. The number of halogens is 1. The number of hydrogen-bond acceptors (Lipinski definition) is 5. The van der Waals surface area contributed by atoms with Gasteiger partial charge in [0.1, 0.15) is 18.2 Å². The van der Waals surface area contributed by atoms with Gasteiger partial charge in [0.05, 0.1) is 24.9 Å². The summed E-state index contributed by atoms with van der Waals surface area (Å²) in [7, 11) is 1.56. The number of carboxylic acids is 1. The molecule has 190 valence electrons. The Hall–Kier alpha value is -3.48. The lowest BCUT2D eigenvalue weighted by atomic mass is 9.87. The monoisotopic (exact) mass is 492 g/mol. The molecule has 1 N–H and O–H groups in total. The summed E-state index contributed by atoms with van der Waals surface area (Å²) in [6.07, 6.45) is 4.58. The summed E-state index contributed by atoms with van der Waals surface area (Å²) in [6, 6.07) is 12.1. The van der Waals surface area contributed by atoms with E-state index in [-0.39, 0.29) is 30.2 Å². The van der Waals surface area contributed by atoms with Crippen LogP contribution in [0.25, 0.3) is 11.1 Å². The third-order valence-electron chi connectivity index (χ3n) is 6.33. The van der Waals surface area contributed by atoms with Crippen LogP contribution in [0.1, 0.15) is 62.9 Å². The zero-order valence-corrected chi connectivity index (χ0v) is 21.3. The summed E-state index contributed by atoms with van der Waals surface area (Å²) in [5.41, 5.74) is 3.50. The Morgan fingerprint density at radius 2 is 1.92 bits per heavy atom. The van der Waals surface area contributed by atoms with Crippen LogP contribution < -0.4 is 9.47 Å². The Kier molecular flexibility index (Phi) is 7.57. The number of ether oxygens (including phenoxy) is 2. The van der Waals surface area contributed by atoms with Crippen molar-refractivity contribution in [1.82, 2.24) is 9.97 Å². The summed E-state index contributed by atoms with van der Waals surface area (Å²) >= 11 is 0. The number of carbonyl (C=O) groups is 1. The van der Waals surface area contributed by atoms with E-state index in [0.717, 1.165) is 24.1 Å². The van der Waals surface area contributed by atoms with Crippen LogP contribution in [0.2, 0.25) is 0 Å². The van der Waals surface area contributed by atoms with E-state index in [9.17, 15) is 14.3 Å². The van der Waals surface area contributed by atoms with Crippen molar-refractivity contribution in [2.75, 3.05) is 7.11 Å². The van der Waals surface area contributed by atoms with Crippen LogP contribution in [-0.4, -0.2) is 28.2 Å². The highest BCUT2D eigenvalue weighted by Gasteiger charge is 2.33. The molecule has 1 aliphatic carbocycles. The average molecular weight is 493 g/mol. The van der Waals surface area contributed by atoms with E-state index in [0.29, 0.717) is 40.8 Å². The van der Waals surface area contributed by atoms with E-state index < -0.39 is 5.97 Å². The first-order valence-corrected chi connectivity index (χ1v) is 12.3. The maximum atomic E-state index is 14.8. The van der Waals surface area contributed by atoms with Gasteiger partial charge in [0.2, 0.25) is 5.88 Å². The predicted octanol–water partition coefficient (Wildman–Crippen LogP) is 6.43. The SMILES string of the molecule is COc1ccc(F)c(-c2ccc(OCc3cc(C(CC(=O)O)C4CC4)ccn3)nc2CC(C)(C)C)c1. The molecule has 1 saturated carbocycles. The molecule has 0 radical (unpaired) electrons. The second kappa shape index (κ2) is 10.6. The van der Waals surface area contributed by atoms with Crippen LogP contribution in [0.3, 0.4) is 0 Å². The minimum absolute atomic E-state index is 0.00203. The van der Waals surface area contributed by atoms with Gasteiger partial charge in [-0.1, -0.05) is 20.8 Å². The number of methoxy groups -OCH3 is 1. The molecule has 0 spiro atoms. The van der Waals surface area contributed by atoms with Gasteiger partial charge in [0, 0.05) is 23.4 Å². The number of aromatic nitrogens is 2. The van der Waals surface area contributed by atoms with Gasteiger partial charge >= 0.3 is 5.97 Å². The lowest BCUT2D eigenvalue weighted by Gasteiger charge is -2.21. The molecule has 36 heavy (non-hydrogen) atoms. The van der Waals surface area contributed by atoms with Crippen molar-refractivity contribution in [3.63, 3.8) is 0 Å². The molecule has 1 atom stereocenters. The molecule has 4 rings (SSSR count). The topological polar surface area (TPSA) is 81.5 Å². The number of nitrogens with zero attached hydrogens (tertiary/aromatic N) is 2. The first kappa shape index (κ1) is 25.6. The number of aliphatic carboxylic acids is 1. The van der Waals surface area contributed by atoms with Crippen molar-refractivity contribution < 1.29 is 23.8 Å². The van der Waals surface area contributed by atoms with Crippen molar-refractivity contribution in [3.8, 4) is 22.8 Å². The van der Waals surface area contributed by atoms with Gasteiger partial charge in [0.15, 0.2) is 0 Å². The van der Waals surface area contributed by atoms with Gasteiger partial charge in [-0.05, 0) is 78.5 Å². The Labute approximate surface area is 211 Å². The Morgan fingerprint density at radius 3 is 2.58 bits per heavy atom. The summed E-state index contributed by atoms with van der Waals surface area (Å²) < 4.78 is 26.1. The van der Waals surface area contributed by atoms with Gasteiger partial charge in [0.25, 0.3) is 0 Å². The van der Waals surface area contributed by atoms with Crippen LogP contribution in [-0.2, 0) is 17.8 Å². The van der Waals surface area contributed by atoms with Crippen LogP contribution in [0.4, 0.5) is 4.39 Å². The van der Waals surface area contributed by atoms with Crippen molar-refractivity contribution >= 4 is 5.97 Å². The second-order valence-electron chi connectivity index (χ2n) is 10.6. The van der Waals surface area contributed by atoms with Crippen molar-refractivity contribution in [2.45, 2.75) is 59.0 Å². The van der Waals surface area contributed by atoms with Gasteiger partial charge in [-0.3, -0.25) is 9.78 Å². The molecule has 1 fully saturated rings. The van der Waals surface area contributed by atoms with Gasteiger partial charge in [-0.25, -0.2) is 9.37 Å². The standard InChI is InChI=1S/C29H33FN2O4/c1-29(2,3)16-26-22(24-14-21(35-4)7-9-25(24)30)8-10-27(32-26)36-17-20-13-19(11-12-31-20)23(15-28(33)34)18-5-6-18/h7-14,18,23H,5-6,15-17H2,1-4H3,(H,33,34). The molecule has 0 amide bonds. The molecule has 7 heteroatoms.